The summed E-state index contributed by atoms with van der Waals surface area (Å²) < 4.78 is 0. The number of rotatable bonds is 6. The molecule has 0 aromatic heterocycles. The van der Waals surface area contributed by atoms with E-state index >= 15 is 0 Å². The van der Waals surface area contributed by atoms with Gasteiger partial charge < -0.3 is 10.4 Å². The minimum absolute atomic E-state index is 0.167. The number of urea groups is 1. The molecule has 1 aliphatic heterocycles. The summed E-state index contributed by atoms with van der Waals surface area (Å²) in [7, 11) is 0. The highest BCUT2D eigenvalue weighted by atomic mass is 16.4. The van der Waals surface area contributed by atoms with Gasteiger partial charge in [-0.2, -0.15) is 0 Å². The predicted octanol–water partition coefficient (Wildman–Crippen LogP) is 2.37. The molecule has 3 amide bonds. The molecule has 0 saturated carbocycles. The summed E-state index contributed by atoms with van der Waals surface area (Å²) in [6, 6.07) is 15.5. The fourth-order valence-electron chi connectivity index (χ4n) is 2.97. The molecule has 25 heavy (non-hydrogen) atoms. The highest BCUT2D eigenvalue weighted by molar-refractivity contribution is 6.07. The van der Waals surface area contributed by atoms with Gasteiger partial charge in [-0.15, -0.1) is 0 Å². The Labute approximate surface area is 145 Å². The Morgan fingerprint density at radius 1 is 1.04 bits per heavy atom. The third-order valence-electron chi connectivity index (χ3n) is 4.25. The Bertz CT molecular complexity index is 777. The van der Waals surface area contributed by atoms with Crippen molar-refractivity contribution in [1.82, 2.24) is 10.2 Å². The fourth-order valence-corrected chi connectivity index (χ4v) is 2.97. The van der Waals surface area contributed by atoms with Gasteiger partial charge >= 0.3 is 12.0 Å². The molecule has 1 aliphatic rings. The highest BCUT2D eigenvalue weighted by Crippen LogP contribution is 2.25. The highest BCUT2D eigenvalue weighted by Gasteiger charge is 2.45. The third kappa shape index (κ3) is 3.52. The topological polar surface area (TPSA) is 86.7 Å². The van der Waals surface area contributed by atoms with E-state index in [0.717, 1.165) is 10.5 Å². The van der Waals surface area contributed by atoms with Crippen molar-refractivity contribution in [2.75, 3.05) is 0 Å². The van der Waals surface area contributed by atoms with Gasteiger partial charge in [0.25, 0.3) is 5.91 Å². The lowest BCUT2D eigenvalue weighted by atomic mass is 10.0. The molecular formula is C19H18N2O4. The second-order valence-corrected chi connectivity index (χ2v) is 5.88. The third-order valence-corrected chi connectivity index (χ3v) is 4.25. The molecule has 2 unspecified atom stereocenters. The molecule has 2 N–H and O–H groups in total. The van der Waals surface area contributed by atoms with Gasteiger partial charge in [-0.1, -0.05) is 60.7 Å². The second-order valence-electron chi connectivity index (χ2n) is 5.88. The summed E-state index contributed by atoms with van der Waals surface area (Å²) >= 11 is 0. The minimum Gasteiger partial charge on any atom is -0.480 e. The average molecular weight is 338 g/mol. The van der Waals surface area contributed by atoms with Crippen LogP contribution in [0.25, 0.3) is 0 Å². The van der Waals surface area contributed by atoms with Crippen molar-refractivity contribution in [2.45, 2.75) is 24.9 Å². The maximum atomic E-state index is 12.7. The molecule has 0 aliphatic carbocycles. The van der Waals surface area contributed by atoms with Crippen molar-refractivity contribution in [2.24, 2.45) is 0 Å². The number of benzene rings is 2. The number of hydrogen-bond acceptors (Lipinski definition) is 3. The lowest BCUT2D eigenvalue weighted by molar-refractivity contribution is -0.147. The van der Waals surface area contributed by atoms with Crippen molar-refractivity contribution in [3.05, 3.63) is 71.8 Å². The van der Waals surface area contributed by atoms with E-state index in [2.05, 4.69) is 5.32 Å². The SMILES string of the molecule is O=C(O)C(CCc1ccccc1)N1C(=O)NC(c2ccccc2)C1=O. The van der Waals surface area contributed by atoms with Crippen LogP contribution in [0.4, 0.5) is 4.79 Å². The summed E-state index contributed by atoms with van der Waals surface area (Å²) in [5, 5.41) is 12.1. The number of aliphatic carboxylic acids is 1. The number of imide groups is 1. The first-order valence-electron chi connectivity index (χ1n) is 8.03. The zero-order chi connectivity index (χ0) is 17.8. The molecule has 6 nitrogen and oxygen atoms in total. The van der Waals surface area contributed by atoms with Gasteiger partial charge in [0.2, 0.25) is 0 Å². The summed E-state index contributed by atoms with van der Waals surface area (Å²) in [6.07, 6.45) is 0.630. The van der Waals surface area contributed by atoms with Crippen molar-refractivity contribution in [1.29, 1.82) is 0 Å². The van der Waals surface area contributed by atoms with Crippen LogP contribution >= 0.6 is 0 Å². The van der Waals surface area contributed by atoms with Crippen LogP contribution in [0.3, 0.4) is 0 Å². The van der Waals surface area contributed by atoms with E-state index in [1.165, 1.54) is 0 Å². The van der Waals surface area contributed by atoms with E-state index in [4.69, 9.17) is 0 Å². The molecule has 1 heterocycles. The molecule has 2 atom stereocenters. The Balaban J connectivity index is 1.78. The molecule has 2 aromatic rings. The standard InChI is InChI=1S/C19H18N2O4/c22-17-16(14-9-5-2-6-10-14)20-19(25)21(17)15(18(23)24)12-11-13-7-3-1-4-8-13/h1-10,15-16H,11-12H2,(H,20,25)(H,23,24). The number of hydrogen-bond donors (Lipinski definition) is 2. The Kier molecular flexibility index (Phi) is 4.79. The number of carboxylic acids is 1. The smallest absolute Gasteiger partial charge is 0.327 e. The Morgan fingerprint density at radius 3 is 2.24 bits per heavy atom. The Morgan fingerprint density at radius 2 is 1.64 bits per heavy atom. The largest absolute Gasteiger partial charge is 0.480 e. The van der Waals surface area contributed by atoms with Crippen molar-refractivity contribution in [3.8, 4) is 0 Å². The number of nitrogens with one attached hydrogen (secondary N) is 1. The van der Waals surface area contributed by atoms with Crippen molar-refractivity contribution < 1.29 is 19.5 Å². The van der Waals surface area contributed by atoms with Crippen molar-refractivity contribution in [3.63, 3.8) is 0 Å². The average Bonchev–Trinajstić information content (AvgIpc) is 2.92. The molecule has 3 rings (SSSR count). The summed E-state index contributed by atoms with van der Waals surface area (Å²) in [6.45, 7) is 0. The van der Waals surface area contributed by atoms with E-state index < -0.39 is 30.0 Å². The molecule has 0 bridgehead atoms. The van der Waals surface area contributed by atoms with Crippen LogP contribution in [-0.2, 0) is 16.0 Å². The van der Waals surface area contributed by atoms with Crippen LogP contribution in [0.1, 0.15) is 23.6 Å². The zero-order valence-corrected chi connectivity index (χ0v) is 13.5. The molecule has 6 heteroatoms. The molecule has 128 valence electrons. The molecule has 0 radical (unpaired) electrons. The van der Waals surface area contributed by atoms with E-state index in [0.29, 0.717) is 12.0 Å². The lowest BCUT2D eigenvalue weighted by Crippen LogP contribution is -2.45. The number of amides is 3. The maximum Gasteiger partial charge on any atom is 0.327 e. The Hall–Kier alpha value is -3.15. The van der Waals surface area contributed by atoms with Gasteiger partial charge in [0.15, 0.2) is 0 Å². The normalized spacial score (nSPS) is 18.1. The quantitative estimate of drug-likeness (QED) is 0.792. The molecule has 1 saturated heterocycles. The van der Waals surface area contributed by atoms with Gasteiger partial charge in [-0.25, -0.2) is 14.5 Å². The maximum absolute atomic E-state index is 12.7. The second kappa shape index (κ2) is 7.17. The molecular weight excluding hydrogens is 320 g/mol. The van der Waals surface area contributed by atoms with Crippen LogP contribution in [0.5, 0.6) is 0 Å². The van der Waals surface area contributed by atoms with Crippen LogP contribution < -0.4 is 5.32 Å². The number of aryl methyl sites for hydroxylation is 1. The van der Waals surface area contributed by atoms with E-state index in [1.807, 2.05) is 36.4 Å². The lowest BCUT2D eigenvalue weighted by Gasteiger charge is -2.21. The predicted molar refractivity (Wildman–Crippen MR) is 90.7 cm³/mol. The van der Waals surface area contributed by atoms with Gasteiger partial charge in [-0.3, -0.25) is 4.79 Å². The van der Waals surface area contributed by atoms with E-state index in [-0.39, 0.29) is 6.42 Å². The summed E-state index contributed by atoms with van der Waals surface area (Å²) in [5.74, 6) is -1.72. The van der Waals surface area contributed by atoms with Crippen LogP contribution in [0.2, 0.25) is 0 Å². The van der Waals surface area contributed by atoms with Gasteiger partial charge in [0, 0.05) is 0 Å². The van der Waals surface area contributed by atoms with E-state index in [1.54, 1.807) is 24.3 Å². The summed E-state index contributed by atoms with van der Waals surface area (Å²) in [4.78, 5) is 37.4. The first-order valence-corrected chi connectivity index (χ1v) is 8.03. The van der Waals surface area contributed by atoms with Crippen molar-refractivity contribution >= 4 is 17.9 Å². The monoisotopic (exact) mass is 338 g/mol. The number of carboxylic acid groups (broad SMARTS) is 1. The van der Waals surface area contributed by atoms with Crippen LogP contribution in [-0.4, -0.2) is 34.0 Å². The van der Waals surface area contributed by atoms with E-state index in [9.17, 15) is 19.5 Å². The molecule has 2 aromatic carbocycles. The first-order chi connectivity index (χ1) is 12.1. The fraction of sp³-hybridized carbons (Fsp3) is 0.211. The minimum atomic E-state index is -1.19. The zero-order valence-electron chi connectivity index (χ0n) is 13.5. The summed E-state index contributed by atoms with van der Waals surface area (Å²) in [5.41, 5.74) is 1.59. The number of nitrogens with zero attached hydrogens (tertiary/aromatic N) is 1. The van der Waals surface area contributed by atoms with Crippen LogP contribution in [0.15, 0.2) is 60.7 Å². The van der Waals surface area contributed by atoms with Gasteiger partial charge in [0.1, 0.15) is 12.1 Å². The number of carbonyl (C=O) groups excluding carboxylic acids is 2. The van der Waals surface area contributed by atoms with Gasteiger partial charge in [-0.05, 0) is 24.0 Å². The first kappa shape index (κ1) is 16.7. The molecule has 1 fully saturated rings. The molecule has 0 spiro atoms. The number of carbonyl (C=O) groups is 3. The van der Waals surface area contributed by atoms with Gasteiger partial charge in [0.05, 0.1) is 0 Å². The van der Waals surface area contributed by atoms with Crippen LogP contribution in [0, 0.1) is 0 Å².